The average Bonchev–Trinajstić information content (AvgIpc) is 4.10. The van der Waals surface area contributed by atoms with E-state index in [0.29, 0.717) is 11.1 Å². The molecule has 3 nitrogen and oxygen atoms in total. The number of hydrogen-bond donors (Lipinski definition) is 0. The molecule has 0 atom stereocenters. The van der Waals surface area contributed by atoms with Gasteiger partial charge in [-0.25, -0.2) is 0 Å². The topological polar surface area (TPSA) is 52.5 Å². The smallest absolute Gasteiger partial charge is 0.103 e. The van der Waals surface area contributed by atoms with Crippen LogP contribution in [0.2, 0.25) is 0 Å². The first-order valence-corrected chi connectivity index (χ1v) is 22.9. The van der Waals surface area contributed by atoms with E-state index in [4.69, 9.17) is 0 Å². The molecule has 62 heavy (non-hydrogen) atoms. The Labute approximate surface area is 367 Å². The molecule has 0 N–H and O–H groups in total. The normalized spacial score (nSPS) is 11.8. The second kappa shape index (κ2) is 13.5. The summed E-state index contributed by atoms with van der Waals surface area (Å²) >= 11 is 5.32. The highest BCUT2D eigenvalue weighted by Crippen LogP contribution is 2.54. The quantitative estimate of drug-likeness (QED) is 0.177. The number of benzene rings is 9. The van der Waals surface area contributed by atoms with Crippen molar-refractivity contribution in [3.8, 4) is 51.2 Å². The first kappa shape index (κ1) is 35.2. The third kappa shape index (κ3) is 4.83. The summed E-state index contributed by atoms with van der Waals surface area (Å²) in [5.41, 5.74) is 9.02. The lowest BCUT2D eigenvalue weighted by Crippen LogP contribution is -2.08. The minimum atomic E-state index is 0.356. The molecule has 0 amide bonds. The summed E-state index contributed by atoms with van der Waals surface area (Å²) in [4.78, 5) is 0. The second-order valence-corrected chi connectivity index (χ2v) is 18.8. The summed E-state index contributed by atoms with van der Waals surface area (Å²) < 4.78 is 9.37. The first-order valence-electron chi connectivity index (χ1n) is 20.5. The maximum atomic E-state index is 11.9. The van der Waals surface area contributed by atoms with Crippen LogP contribution in [0, 0.1) is 22.7 Å². The van der Waals surface area contributed by atoms with Gasteiger partial charge in [0.1, 0.15) is 12.1 Å². The van der Waals surface area contributed by atoms with Gasteiger partial charge in [-0.15, -0.1) is 34.0 Å². The molecule has 0 saturated heterocycles. The number of nitrogens with zero attached hydrogens (tertiary/aromatic N) is 3. The highest BCUT2D eigenvalue weighted by atomic mass is 32.1. The molecule has 0 fully saturated rings. The van der Waals surface area contributed by atoms with Crippen LogP contribution in [-0.2, 0) is 0 Å². The zero-order chi connectivity index (χ0) is 41.1. The van der Waals surface area contributed by atoms with Crippen molar-refractivity contribution in [2.45, 2.75) is 0 Å². The van der Waals surface area contributed by atoms with Crippen LogP contribution in [0.15, 0.2) is 176 Å². The van der Waals surface area contributed by atoms with Crippen LogP contribution in [0.25, 0.3) is 121 Å². The molecule has 9 aromatic carbocycles. The van der Waals surface area contributed by atoms with Crippen molar-refractivity contribution in [2.75, 3.05) is 0 Å². The van der Waals surface area contributed by atoms with Crippen molar-refractivity contribution in [3.05, 3.63) is 187 Å². The van der Waals surface area contributed by atoms with Crippen LogP contribution >= 0.6 is 34.0 Å². The van der Waals surface area contributed by atoms with Crippen LogP contribution < -0.4 is 0 Å². The van der Waals surface area contributed by atoms with E-state index in [1.165, 1.54) is 41.0 Å². The fourth-order valence-electron chi connectivity index (χ4n) is 9.94. The summed E-state index contributed by atoms with van der Waals surface area (Å²) in [5.74, 6) is 0. The number of thiophene rings is 3. The van der Waals surface area contributed by atoms with Gasteiger partial charge in [0, 0.05) is 84.1 Å². The van der Waals surface area contributed by atoms with Crippen molar-refractivity contribution in [3.63, 3.8) is 0 Å². The number of nitriles is 2. The van der Waals surface area contributed by atoms with E-state index in [-0.39, 0.29) is 0 Å². The molecular formula is C56H29N3S3. The van der Waals surface area contributed by atoms with E-state index in [1.807, 2.05) is 12.1 Å². The van der Waals surface area contributed by atoms with Crippen LogP contribution in [0.4, 0.5) is 0 Å². The lowest BCUT2D eigenvalue weighted by molar-refractivity contribution is 1.18. The minimum Gasteiger partial charge on any atom is -0.304 e. The van der Waals surface area contributed by atoms with E-state index >= 15 is 0 Å². The monoisotopic (exact) mass is 839 g/mol. The molecule has 0 radical (unpaired) electrons. The van der Waals surface area contributed by atoms with Crippen molar-refractivity contribution in [1.82, 2.24) is 4.57 Å². The second-order valence-electron chi connectivity index (χ2n) is 15.7. The van der Waals surface area contributed by atoms with Crippen molar-refractivity contribution in [2.24, 2.45) is 0 Å². The Bertz CT molecular complexity index is 3990. The van der Waals surface area contributed by atoms with Gasteiger partial charge in [0.15, 0.2) is 0 Å². The molecule has 0 aliphatic rings. The summed E-state index contributed by atoms with van der Waals surface area (Å²) in [7, 11) is 0. The van der Waals surface area contributed by atoms with Gasteiger partial charge in [-0.3, -0.25) is 0 Å². The minimum absolute atomic E-state index is 0.356. The lowest BCUT2D eigenvalue weighted by atomic mass is 9.81. The molecule has 0 bridgehead atoms. The van der Waals surface area contributed by atoms with E-state index in [0.717, 1.165) is 80.4 Å². The molecule has 0 unspecified atom stereocenters. The van der Waals surface area contributed by atoms with Crippen LogP contribution in [0.5, 0.6) is 0 Å². The highest BCUT2D eigenvalue weighted by Gasteiger charge is 2.32. The SMILES string of the molecule is N#Cc1c(C#N)c(-n2c3c(ccc4c5ccccc5sc43)c3ccc4c5ccccc5sc4c32)c(-c2ccccc2)c(-c2ccccc2)c1-c1cccc2c1sc1ccccc12. The molecule has 13 rings (SSSR count). The molecule has 13 aromatic rings. The Kier molecular flexibility index (Phi) is 7.64. The van der Waals surface area contributed by atoms with Crippen molar-refractivity contribution >= 4 is 116 Å². The zero-order valence-electron chi connectivity index (χ0n) is 32.8. The third-order valence-corrected chi connectivity index (χ3v) is 16.1. The van der Waals surface area contributed by atoms with Gasteiger partial charge < -0.3 is 4.57 Å². The zero-order valence-corrected chi connectivity index (χ0v) is 35.3. The van der Waals surface area contributed by atoms with Gasteiger partial charge in [0.05, 0.1) is 37.2 Å². The Hall–Kier alpha value is -7.58. The van der Waals surface area contributed by atoms with Crippen molar-refractivity contribution < 1.29 is 0 Å². The largest absolute Gasteiger partial charge is 0.304 e. The van der Waals surface area contributed by atoms with Gasteiger partial charge in [0.2, 0.25) is 0 Å². The van der Waals surface area contributed by atoms with E-state index in [9.17, 15) is 10.5 Å². The lowest BCUT2D eigenvalue weighted by Gasteiger charge is -2.25. The molecule has 286 valence electrons. The van der Waals surface area contributed by atoms with Gasteiger partial charge in [0.25, 0.3) is 0 Å². The number of rotatable bonds is 4. The summed E-state index contributed by atoms with van der Waals surface area (Å²) in [6.45, 7) is 0. The van der Waals surface area contributed by atoms with E-state index < -0.39 is 0 Å². The van der Waals surface area contributed by atoms with Crippen LogP contribution in [-0.4, -0.2) is 4.57 Å². The molecular weight excluding hydrogens is 811 g/mol. The Morgan fingerprint density at radius 3 is 1.27 bits per heavy atom. The molecule has 0 aliphatic heterocycles. The molecule has 0 spiro atoms. The molecule has 0 saturated carbocycles. The number of fused-ring (bicyclic) bond motifs is 14. The first-order chi connectivity index (χ1) is 30.7. The number of aromatic nitrogens is 1. The summed E-state index contributed by atoms with van der Waals surface area (Å²) in [6.07, 6.45) is 0. The van der Waals surface area contributed by atoms with Gasteiger partial charge >= 0.3 is 0 Å². The summed E-state index contributed by atoms with van der Waals surface area (Å²) in [6, 6.07) is 67.6. The Morgan fingerprint density at radius 2 is 0.758 bits per heavy atom. The standard InChI is InChI=1S/C56H29N3S3/c57-30-43-44(31-58)51(49(33-16-5-2-6-17-33)48(32-14-3-1-4-15-32)50(43)42-22-13-21-39-34-18-7-10-23-45(34)60-54(39)42)59-52-37(26-28-40-35-19-8-11-24-46(35)61-55(40)52)38-27-29-41-36-20-9-12-25-47(36)62-56(41)53(38)59/h1-29H. The predicted octanol–water partition coefficient (Wildman–Crippen LogP) is 16.6. The van der Waals surface area contributed by atoms with Gasteiger partial charge in [-0.2, -0.15) is 10.5 Å². The molecule has 4 aromatic heterocycles. The highest BCUT2D eigenvalue weighted by molar-refractivity contribution is 7.27. The van der Waals surface area contributed by atoms with E-state index in [1.54, 1.807) is 34.0 Å². The number of hydrogen-bond acceptors (Lipinski definition) is 5. The van der Waals surface area contributed by atoms with Crippen molar-refractivity contribution in [1.29, 1.82) is 10.5 Å². The third-order valence-electron chi connectivity index (χ3n) is 12.5. The fourth-order valence-corrected chi connectivity index (χ4v) is 13.6. The molecule has 0 aliphatic carbocycles. The maximum Gasteiger partial charge on any atom is 0.103 e. The maximum absolute atomic E-state index is 11.9. The molecule has 6 heteroatoms. The van der Waals surface area contributed by atoms with Crippen LogP contribution in [0.3, 0.4) is 0 Å². The van der Waals surface area contributed by atoms with E-state index in [2.05, 4.69) is 180 Å². The molecule has 4 heterocycles. The summed E-state index contributed by atoms with van der Waals surface area (Å²) in [5, 5.41) is 32.9. The fraction of sp³-hybridized carbons (Fsp3) is 0. The Morgan fingerprint density at radius 1 is 0.339 bits per heavy atom. The predicted molar refractivity (Wildman–Crippen MR) is 265 cm³/mol. The van der Waals surface area contributed by atoms with Gasteiger partial charge in [-0.05, 0) is 29.3 Å². The van der Waals surface area contributed by atoms with Crippen LogP contribution in [0.1, 0.15) is 11.1 Å². The Balaban J connectivity index is 1.33. The van der Waals surface area contributed by atoms with Gasteiger partial charge in [-0.1, -0.05) is 158 Å². The average molecular weight is 840 g/mol.